The molecule has 7 heteroatoms. The van der Waals surface area contributed by atoms with E-state index in [2.05, 4.69) is 47.4 Å². The molecule has 9 heavy (non-hydrogen) atoms. The van der Waals surface area contributed by atoms with Gasteiger partial charge < -0.3 is 22.9 Å². The Kier molecular flexibility index (Phi) is 18.8. The van der Waals surface area contributed by atoms with Crippen molar-refractivity contribution in [2.75, 3.05) is 0 Å². The zero-order valence-corrected chi connectivity index (χ0v) is 7.26. The zero-order chi connectivity index (χ0) is 7.15. The van der Waals surface area contributed by atoms with E-state index in [4.69, 9.17) is 0 Å². The van der Waals surface area contributed by atoms with E-state index in [1.54, 1.807) is 0 Å². The minimum atomic E-state index is 0. The Morgan fingerprint density at radius 2 is 0.778 bits per heavy atom. The van der Waals surface area contributed by atoms with Crippen molar-refractivity contribution in [2.24, 2.45) is 22.9 Å². The Bertz CT molecular complexity index is 71.8. The predicted molar refractivity (Wildman–Crippen MR) is 52.3 cm³/mol. The number of hydrogen-bond donors (Lipinski definition) is 4. The van der Waals surface area contributed by atoms with Gasteiger partial charge >= 0.3 is 0 Å². The Labute approximate surface area is 71.4 Å². The van der Waals surface area contributed by atoms with Gasteiger partial charge in [-0.1, -0.05) is 0 Å². The molecule has 0 unspecified atom stereocenters. The third kappa shape index (κ3) is 3480. The lowest BCUT2D eigenvalue weighted by molar-refractivity contribution is 1.65. The van der Waals surface area contributed by atoms with Gasteiger partial charge in [0.1, 0.15) is 0 Å². The molecule has 0 aromatic rings. The molecule has 0 radical (unpaired) electrons. The average molecular weight is 186 g/mol. The summed E-state index contributed by atoms with van der Waals surface area (Å²) in [6.07, 6.45) is 0. The van der Waals surface area contributed by atoms with Gasteiger partial charge in [0.15, 0.2) is 10.2 Å². The molecule has 0 saturated heterocycles. The van der Waals surface area contributed by atoms with E-state index in [1.807, 2.05) is 0 Å². The van der Waals surface area contributed by atoms with Gasteiger partial charge in [0, 0.05) is 0 Å². The maximum absolute atomic E-state index is 4.62. The Balaban J connectivity index is -0.0000000720. The van der Waals surface area contributed by atoms with Gasteiger partial charge in [-0.2, -0.15) is 13.5 Å². The molecule has 0 fully saturated rings. The zero-order valence-electron chi connectivity index (χ0n) is 4.63. The molecule has 0 heterocycles. The molecule has 0 aliphatic carbocycles. The highest BCUT2D eigenvalue weighted by Crippen LogP contribution is 1.32. The molecule has 0 atom stereocenters. The van der Waals surface area contributed by atoms with E-state index >= 15 is 0 Å². The van der Waals surface area contributed by atoms with E-state index in [-0.39, 0.29) is 23.7 Å². The first-order valence-corrected chi connectivity index (χ1v) is 2.38. The van der Waals surface area contributed by atoms with Gasteiger partial charge in [0.2, 0.25) is 0 Å². The van der Waals surface area contributed by atoms with Crippen LogP contribution in [0.15, 0.2) is 0 Å². The molecule has 8 N–H and O–H groups in total. The van der Waals surface area contributed by atoms with Crippen molar-refractivity contribution < 1.29 is 0 Å². The largest absolute Gasteiger partial charge is 0.377 e. The topological polar surface area (TPSA) is 104 Å². The van der Waals surface area contributed by atoms with Crippen LogP contribution in [-0.2, 0) is 0 Å². The molecule has 0 aliphatic heterocycles. The third-order valence-corrected chi connectivity index (χ3v) is 0. The van der Waals surface area contributed by atoms with Crippen LogP contribution in [0, 0.1) is 0 Å². The molecule has 0 aromatic heterocycles. The lowest BCUT2D eigenvalue weighted by atomic mass is 11.3. The minimum Gasteiger partial charge on any atom is -0.377 e. The standard InChI is InChI=1S/2CH4N2S.H2S/c2*2-1(3)4;/h2*(H4,2,3,4);1H2. The third-order valence-electron chi connectivity index (χ3n) is 0. The summed E-state index contributed by atoms with van der Waals surface area (Å²) in [6, 6.07) is 0. The van der Waals surface area contributed by atoms with Gasteiger partial charge in [-0.25, -0.2) is 0 Å². The number of hydrogen-bond acceptors (Lipinski definition) is 2. The average Bonchev–Trinajstić information content (AvgIpc) is 1.25. The molecular formula is C2H10N4S3. The van der Waals surface area contributed by atoms with Crippen LogP contribution in [0.1, 0.15) is 0 Å². The van der Waals surface area contributed by atoms with Crippen molar-refractivity contribution in [2.45, 2.75) is 0 Å². The predicted octanol–water partition coefficient (Wildman–Crippen LogP) is -1.51. The van der Waals surface area contributed by atoms with E-state index in [0.29, 0.717) is 0 Å². The van der Waals surface area contributed by atoms with Gasteiger partial charge in [0.05, 0.1) is 0 Å². The van der Waals surface area contributed by atoms with Gasteiger partial charge in [-0.3, -0.25) is 0 Å². The van der Waals surface area contributed by atoms with E-state index in [0.717, 1.165) is 0 Å². The summed E-state index contributed by atoms with van der Waals surface area (Å²) in [4.78, 5) is 0. The molecular weight excluding hydrogens is 176 g/mol. The van der Waals surface area contributed by atoms with Crippen LogP contribution in [0.5, 0.6) is 0 Å². The first-order chi connectivity index (χ1) is 3.46. The van der Waals surface area contributed by atoms with Gasteiger partial charge in [-0.15, -0.1) is 0 Å². The maximum atomic E-state index is 4.62. The summed E-state index contributed by atoms with van der Waals surface area (Å²) >= 11 is 8.19. The number of thiocarbonyl (C=S) groups is 2. The second-order valence-corrected chi connectivity index (χ2v) is 1.75. The number of nitrogens with two attached hydrogens (primary N) is 4. The highest BCUT2D eigenvalue weighted by Gasteiger charge is 1.53. The minimum absolute atomic E-state index is 0. The first kappa shape index (κ1) is 15.9. The van der Waals surface area contributed by atoms with E-state index in [1.165, 1.54) is 0 Å². The summed E-state index contributed by atoms with van der Waals surface area (Å²) in [6.45, 7) is 0. The molecule has 0 spiro atoms. The summed E-state index contributed by atoms with van der Waals surface area (Å²) in [5.74, 6) is 0. The smallest absolute Gasteiger partial charge is 0.160 e. The van der Waals surface area contributed by atoms with Crippen molar-refractivity contribution in [1.82, 2.24) is 0 Å². The lowest BCUT2D eigenvalue weighted by Gasteiger charge is -1.68. The first-order valence-electron chi connectivity index (χ1n) is 1.56. The fourth-order valence-electron chi connectivity index (χ4n) is 0. The van der Waals surface area contributed by atoms with Crippen LogP contribution in [0.3, 0.4) is 0 Å². The van der Waals surface area contributed by atoms with Crippen LogP contribution in [0.2, 0.25) is 0 Å². The van der Waals surface area contributed by atoms with Crippen molar-refractivity contribution in [1.29, 1.82) is 0 Å². The molecule has 4 nitrogen and oxygen atoms in total. The second kappa shape index (κ2) is 10.7. The van der Waals surface area contributed by atoms with Gasteiger partial charge in [0.25, 0.3) is 0 Å². The van der Waals surface area contributed by atoms with Crippen molar-refractivity contribution >= 4 is 48.2 Å². The molecule has 0 bridgehead atoms. The van der Waals surface area contributed by atoms with Crippen molar-refractivity contribution in [3.8, 4) is 0 Å². The quantitative estimate of drug-likeness (QED) is 0.343. The van der Waals surface area contributed by atoms with Crippen molar-refractivity contribution in [3.63, 3.8) is 0 Å². The monoisotopic (exact) mass is 186 g/mol. The van der Waals surface area contributed by atoms with Crippen molar-refractivity contribution in [3.05, 3.63) is 0 Å². The SMILES string of the molecule is NC(N)=S.NC(N)=S.S. The Morgan fingerprint density at radius 1 is 0.778 bits per heavy atom. The number of rotatable bonds is 0. The second-order valence-electron chi connectivity index (χ2n) is 0.805. The molecule has 0 rings (SSSR count). The Morgan fingerprint density at radius 3 is 0.778 bits per heavy atom. The lowest BCUT2D eigenvalue weighted by Crippen LogP contribution is -2.18. The van der Waals surface area contributed by atoms with Crippen LogP contribution in [0.4, 0.5) is 0 Å². The van der Waals surface area contributed by atoms with Crippen LogP contribution in [0.25, 0.3) is 0 Å². The normalized spacial score (nSPS) is 5.33. The Hall–Kier alpha value is -0.270. The molecule has 0 aliphatic rings. The van der Waals surface area contributed by atoms with Gasteiger partial charge in [-0.05, 0) is 24.4 Å². The van der Waals surface area contributed by atoms with E-state index in [9.17, 15) is 0 Å². The highest BCUT2D eigenvalue weighted by molar-refractivity contribution is 7.80. The summed E-state index contributed by atoms with van der Waals surface area (Å²) in [5, 5.41) is 0.000000000000000444. The maximum Gasteiger partial charge on any atom is 0.160 e. The highest BCUT2D eigenvalue weighted by atomic mass is 32.1. The summed E-state index contributed by atoms with van der Waals surface area (Å²) < 4.78 is 0. The van der Waals surface area contributed by atoms with Crippen LogP contribution >= 0.6 is 37.9 Å². The molecule has 0 saturated carbocycles. The molecule has 0 amide bonds. The fraction of sp³-hybridized carbons (Fsp3) is 0. The van der Waals surface area contributed by atoms with Crippen LogP contribution < -0.4 is 22.9 Å². The molecule has 56 valence electrons. The summed E-state index contributed by atoms with van der Waals surface area (Å²) in [5.41, 5.74) is 18.5. The van der Waals surface area contributed by atoms with Crippen LogP contribution in [-0.4, -0.2) is 10.2 Å². The van der Waals surface area contributed by atoms with E-state index < -0.39 is 0 Å². The molecule has 0 aromatic carbocycles. The fourth-order valence-corrected chi connectivity index (χ4v) is 0. The summed E-state index contributed by atoms with van der Waals surface area (Å²) in [7, 11) is 0.